The van der Waals surface area contributed by atoms with Gasteiger partial charge in [-0.3, -0.25) is 0 Å². The fourth-order valence-corrected chi connectivity index (χ4v) is 2.47. The molecule has 1 heterocycles. The van der Waals surface area contributed by atoms with Crippen molar-refractivity contribution in [2.24, 2.45) is 5.41 Å². The van der Waals surface area contributed by atoms with Crippen LogP contribution in [0.3, 0.4) is 0 Å². The molecular formula is C14H23NS2. The topological polar surface area (TPSA) is 12.9 Å². The monoisotopic (exact) mass is 269 g/mol. The van der Waals surface area contributed by atoms with Crippen LogP contribution in [-0.2, 0) is 4.75 Å². The van der Waals surface area contributed by atoms with E-state index in [2.05, 4.69) is 59.1 Å². The van der Waals surface area contributed by atoms with Crippen LogP contribution < -0.4 is 0 Å². The molecule has 1 aromatic heterocycles. The molecule has 0 spiro atoms. The molecule has 0 aliphatic carbocycles. The molecule has 0 radical (unpaired) electrons. The summed E-state index contributed by atoms with van der Waals surface area (Å²) in [5, 5.41) is 1.14. The van der Waals surface area contributed by atoms with Gasteiger partial charge in [-0.25, -0.2) is 4.98 Å². The first-order valence-corrected chi connectivity index (χ1v) is 8.11. The molecule has 0 saturated heterocycles. The summed E-state index contributed by atoms with van der Waals surface area (Å²) in [6, 6.07) is 6.35. The van der Waals surface area contributed by atoms with Gasteiger partial charge in [0.1, 0.15) is 0 Å². The van der Waals surface area contributed by atoms with Crippen LogP contribution in [0.15, 0.2) is 23.2 Å². The Morgan fingerprint density at radius 1 is 1.12 bits per heavy atom. The van der Waals surface area contributed by atoms with Crippen molar-refractivity contribution in [1.82, 2.24) is 4.98 Å². The lowest BCUT2D eigenvalue weighted by Crippen LogP contribution is -2.14. The first-order chi connectivity index (χ1) is 7.74. The number of aromatic nitrogens is 1. The number of hydrogen-bond donors (Lipinski definition) is 0. The van der Waals surface area contributed by atoms with Gasteiger partial charge in [-0.15, -0.1) is 11.8 Å². The predicted octanol–water partition coefficient (Wildman–Crippen LogP) is 4.82. The summed E-state index contributed by atoms with van der Waals surface area (Å²) < 4.78 is 0.0955. The van der Waals surface area contributed by atoms with Gasteiger partial charge in [0.15, 0.2) is 0 Å². The summed E-state index contributed by atoms with van der Waals surface area (Å²) in [6.07, 6.45) is 2.14. The molecule has 1 nitrogen and oxygen atoms in total. The largest absolute Gasteiger partial charge is 0.245 e. The quantitative estimate of drug-likeness (QED) is 0.727. The van der Waals surface area contributed by atoms with Crippen LogP contribution in [-0.4, -0.2) is 17.0 Å². The Labute approximate surface area is 114 Å². The normalized spacial score (nSPS) is 12.8. The molecule has 0 atom stereocenters. The van der Waals surface area contributed by atoms with Crippen molar-refractivity contribution < 1.29 is 0 Å². The number of nitrogens with zero attached hydrogens (tertiary/aromatic N) is 1. The van der Waals surface area contributed by atoms with E-state index in [4.69, 9.17) is 4.98 Å². The fraction of sp³-hybridized carbons (Fsp3) is 0.643. The van der Waals surface area contributed by atoms with E-state index < -0.39 is 0 Å². The van der Waals surface area contributed by atoms with Gasteiger partial charge in [0.05, 0.1) is 15.5 Å². The van der Waals surface area contributed by atoms with Crippen LogP contribution in [0.4, 0.5) is 0 Å². The second-order valence-electron chi connectivity index (χ2n) is 5.92. The highest BCUT2D eigenvalue weighted by molar-refractivity contribution is 7.99. The second-order valence-corrected chi connectivity index (χ2v) is 8.35. The maximum atomic E-state index is 4.76. The third-order valence-electron chi connectivity index (χ3n) is 2.50. The summed E-state index contributed by atoms with van der Waals surface area (Å²) in [6.45, 7) is 11.2. The van der Waals surface area contributed by atoms with E-state index in [0.717, 1.165) is 10.8 Å². The lowest BCUT2D eigenvalue weighted by Gasteiger charge is -2.22. The van der Waals surface area contributed by atoms with E-state index in [1.165, 1.54) is 5.69 Å². The minimum atomic E-state index is 0.0955. The Hall–Kier alpha value is -0.150. The van der Waals surface area contributed by atoms with Gasteiger partial charge in [-0.2, -0.15) is 11.8 Å². The van der Waals surface area contributed by atoms with E-state index in [1.807, 2.05) is 23.5 Å². The Morgan fingerprint density at radius 3 is 2.29 bits per heavy atom. The van der Waals surface area contributed by atoms with E-state index >= 15 is 0 Å². The van der Waals surface area contributed by atoms with Crippen molar-refractivity contribution in [1.29, 1.82) is 0 Å². The average Bonchev–Trinajstić information content (AvgIpc) is 2.26. The molecule has 1 aromatic rings. The zero-order valence-corrected chi connectivity index (χ0v) is 13.3. The Morgan fingerprint density at radius 2 is 1.76 bits per heavy atom. The number of thioether (sulfide) groups is 2. The van der Waals surface area contributed by atoms with Crippen molar-refractivity contribution in [2.75, 3.05) is 12.0 Å². The van der Waals surface area contributed by atoms with E-state index in [0.29, 0.717) is 5.41 Å². The second kappa shape index (κ2) is 5.66. The third-order valence-corrected chi connectivity index (χ3v) is 5.27. The molecule has 96 valence electrons. The van der Waals surface area contributed by atoms with Crippen LogP contribution in [0.5, 0.6) is 0 Å². The van der Waals surface area contributed by atoms with E-state index in [1.54, 1.807) is 0 Å². The van der Waals surface area contributed by atoms with E-state index in [9.17, 15) is 0 Å². The van der Waals surface area contributed by atoms with Crippen LogP contribution in [0.25, 0.3) is 0 Å². The highest BCUT2D eigenvalue weighted by Gasteiger charge is 2.21. The Kier molecular flexibility index (Phi) is 4.96. The van der Waals surface area contributed by atoms with Crippen molar-refractivity contribution in [3.63, 3.8) is 0 Å². The molecule has 1 rings (SSSR count). The van der Waals surface area contributed by atoms with Crippen LogP contribution in [0.2, 0.25) is 0 Å². The highest BCUT2D eigenvalue weighted by Crippen LogP contribution is 2.34. The van der Waals surface area contributed by atoms with Crippen molar-refractivity contribution in [3.8, 4) is 0 Å². The maximum absolute atomic E-state index is 4.76. The molecule has 17 heavy (non-hydrogen) atoms. The standard InChI is InChI=1S/C14H23NS2/c1-13(2,3)10-17-12-9-7-8-11(15-12)14(4,5)16-6/h7-9H,10H2,1-6H3. The maximum Gasteiger partial charge on any atom is 0.0963 e. The van der Waals surface area contributed by atoms with Gasteiger partial charge < -0.3 is 0 Å². The average molecular weight is 269 g/mol. The van der Waals surface area contributed by atoms with Gasteiger partial charge in [0.2, 0.25) is 0 Å². The van der Waals surface area contributed by atoms with Crippen molar-refractivity contribution >= 4 is 23.5 Å². The summed E-state index contributed by atoms with van der Waals surface area (Å²) in [5.74, 6) is 1.10. The molecule has 0 aromatic carbocycles. The first-order valence-electron chi connectivity index (χ1n) is 5.90. The summed E-state index contributed by atoms with van der Waals surface area (Å²) in [7, 11) is 0. The van der Waals surface area contributed by atoms with Crippen LogP contribution in [0.1, 0.15) is 40.3 Å². The van der Waals surface area contributed by atoms with Gasteiger partial charge in [-0.05, 0) is 37.7 Å². The molecule has 0 bridgehead atoms. The molecule has 0 amide bonds. The van der Waals surface area contributed by atoms with Crippen molar-refractivity contribution in [3.05, 3.63) is 23.9 Å². The minimum Gasteiger partial charge on any atom is -0.245 e. The van der Waals surface area contributed by atoms with Crippen LogP contribution in [0, 0.1) is 5.41 Å². The number of hydrogen-bond acceptors (Lipinski definition) is 3. The predicted molar refractivity (Wildman–Crippen MR) is 81.0 cm³/mol. The van der Waals surface area contributed by atoms with Gasteiger partial charge in [0, 0.05) is 5.75 Å². The molecular weight excluding hydrogens is 246 g/mol. The first kappa shape index (κ1) is 14.9. The lowest BCUT2D eigenvalue weighted by atomic mass is 10.0. The third kappa shape index (κ3) is 4.92. The zero-order valence-electron chi connectivity index (χ0n) is 11.7. The molecule has 0 saturated carbocycles. The molecule has 3 heteroatoms. The Bertz CT molecular complexity index is 367. The molecule has 0 fully saturated rings. The summed E-state index contributed by atoms with van der Waals surface area (Å²) in [4.78, 5) is 4.76. The number of pyridine rings is 1. The summed E-state index contributed by atoms with van der Waals surface area (Å²) >= 11 is 3.69. The smallest absolute Gasteiger partial charge is 0.0963 e. The van der Waals surface area contributed by atoms with E-state index in [-0.39, 0.29) is 4.75 Å². The van der Waals surface area contributed by atoms with Gasteiger partial charge in [0.25, 0.3) is 0 Å². The SMILES string of the molecule is CSC(C)(C)c1cccc(SCC(C)(C)C)n1. The van der Waals surface area contributed by atoms with Crippen LogP contribution >= 0.6 is 23.5 Å². The Balaban J connectivity index is 2.80. The minimum absolute atomic E-state index is 0.0955. The van der Waals surface area contributed by atoms with Gasteiger partial charge >= 0.3 is 0 Å². The number of rotatable bonds is 4. The molecule has 0 aliphatic rings. The highest BCUT2D eigenvalue weighted by atomic mass is 32.2. The molecule has 0 N–H and O–H groups in total. The fourth-order valence-electron chi connectivity index (χ4n) is 1.23. The zero-order chi connectivity index (χ0) is 13.1. The molecule has 0 aliphatic heterocycles. The van der Waals surface area contributed by atoms with Gasteiger partial charge in [-0.1, -0.05) is 26.8 Å². The summed E-state index contributed by atoms with van der Waals surface area (Å²) in [5.41, 5.74) is 1.51. The van der Waals surface area contributed by atoms with Crippen molar-refractivity contribution in [2.45, 2.75) is 44.4 Å². The lowest BCUT2D eigenvalue weighted by molar-refractivity contribution is 0.480. The molecule has 0 unspecified atom stereocenters.